The molecule has 0 bridgehead atoms. The Hall–Kier alpha value is -1.26. The molecule has 2 N–H and O–H groups in total. The Morgan fingerprint density at radius 3 is 2.44 bits per heavy atom. The standard InChI is InChI=1S/C16H19Cl2N3O4S2/c1-4-21(5-2)27(24,25)15-14(22)13(9(3)26-15)20-16(23)19-11-8-6-7-10(17)12(11)18/h6-8,15H,4-5H2,1-3H3,(H2,19,20,23). The molecule has 1 aromatic rings. The number of halogens is 2. The van der Waals surface area contributed by atoms with E-state index in [4.69, 9.17) is 23.2 Å². The lowest BCUT2D eigenvalue weighted by atomic mass is 10.3. The number of allylic oxidation sites excluding steroid dienone is 2. The van der Waals surface area contributed by atoms with Gasteiger partial charge in [0.05, 0.1) is 21.4 Å². The summed E-state index contributed by atoms with van der Waals surface area (Å²) in [4.78, 5) is 25.3. The lowest BCUT2D eigenvalue weighted by molar-refractivity contribution is -0.114. The zero-order valence-corrected chi connectivity index (χ0v) is 18.0. The van der Waals surface area contributed by atoms with Crippen LogP contribution in [-0.4, -0.2) is 42.2 Å². The predicted molar refractivity (Wildman–Crippen MR) is 110 cm³/mol. The van der Waals surface area contributed by atoms with Gasteiger partial charge < -0.3 is 10.6 Å². The number of hydrogen-bond donors (Lipinski definition) is 2. The fraction of sp³-hybridized carbons (Fsp3) is 0.375. The highest BCUT2D eigenvalue weighted by atomic mass is 35.5. The molecule has 1 aromatic carbocycles. The van der Waals surface area contributed by atoms with Crippen LogP contribution < -0.4 is 10.6 Å². The van der Waals surface area contributed by atoms with Crippen LogP contribution in [0.3, 0.4) is 0 Å². The number of nitrogens with one attached hydrogen (secondary N) is 2. The number of rotatable bonds is 6. The molecule has 0 spiro atoms. The van der Waals surface area contributed by atoms with Crippen molar-refractivity contribution in [1.29, 1.82) is 0 Å². The molecule has 0 aliphatic carbocycles. The summed E-state index contributed by atoms with van der Waals surface area (Å²) in [5.41, 5.74) is 0.224. The lowest BCUT2D eigenvalue weighted by Crippen LogP contribution is -2.41. The fourth-order valence-electron chi connectivity index (χ4n) is 2.50. The van der Waals surface area contributed by atoms with E-state index in [2.05, 4.69) is 10.6 Å². The average Bonchev–Trinajstić information content (AvgIpc) is 2.88. The molecule has 1 aliphatic rings. The van der Waals surface area contributed by atoms with Crippen molar-refractivity contribution in [1.82, 2.24) is 9.62 Å². The van der Waals surface area contributed by atoms with Gasteiger partial charge in [-0.2, -0.15) is 0 Å². The Morgan fingerprint density at radius 1 is 1.22 bits per heavy atom. The molecule has 0 fully saturated rings. The highest BCUT2D eigenvalue weighted by Crippen LogP contribution is 2.38. The number of thioether (sulfide) groups is 1. The van der Waals surface area contributed by atoms with Gasteiger partial charge in [-0.15, -0.1) is 0 Å². The predicted octanol–water partition coefficient (Wildman–Crippen LogP) is 3.66. The number of ketones is 1. The first-order valence-electron chi connectivity index (χ1n) is 8.06. The number of sulfonamides is 1. The van der Waals surface area contributed by atoms with Crippen molar-refractivity contribution < 1.29 is 18.0 Å². The molecule has 1 atom stereocenters. The first kappa shape index (κ1) is 22.0. The van der Waals surface area contributed by atoms with E-state index in [-0.39, 0.29) is 34.5 Å². The molecular formula is C16H19Cl2N3O4S2. The number of benzene rings is 1. The van der Waals surface area contributed by atoms with Gasteiger partial charge in [-0.05, 0) is 19.1 Å². The Labute approximate surface area is 172 Å². The van der Waals surface area contributed by atoms with Crippen molar-refractivity contribution in [2.75, 3.05) is 18.4 Å². The smallest absolute Gasteiger partial charge is 0.306 e. The third-order valence-electron chi connectivity index (χ3n) is 3.87. The second kappa shape index (κ2) is 8.83. The molecule has 1 unspecified atom stereocenters. The van der Waals surface area contributed by atoms with Gasteiger partial charge in [0.1, 0.15) is 0 Å². The second-order valence-corrected chi connectivity index (χ2v) is 9.98. The van der Waals surface area contributed by atoms with Crippen LogP contribution >= 0.6 is 35.0 Å². The number of hydrogen-bond acceptors (Lipinski definition) is 5. The Balaban J connectivity index is 2.15. The Morgan fingerprint density at radius 2 is 1.85 bits per heavy atom. The summed E-state index contributed by atoms with van der Waals surface area (Å²) >= 11 is 12.8. The van der Waals surface area contributed by atoms with Gasteiger partial charge in [0.25, 0.3) is 0 Å². The molecule has 2 amide bonds. The van der Waals surface area contributed by atoms with Crippen molar-refractivity contribution >= 4 is 62.5 Å². The third kappa shape index (κ3) is 4.60. The fourth-order valence-corrected chi connectivity index (χ4v) is 6.32. The van der Waals surface area contributed by atoms with E-state index in [1.54, 1.807) is 39.0 Å². The van der Waals surface area contributed by atoms with Crippen LogP contribution in [0, 0.1) is 0 Å². The molecule has 1 aliphatic heterocycles. The quantitative estimate of drug-likeness (QED) is 0.687. The van der Waals surface area contributed by atoms with E-state index in [0.717, 1.165) is 11.8 Å². The van der Waals surface area contributed by atoms with Gasteiger partial charge in [0.15, 0.2) is 4.58 Å². The van der Waals surface area contributed by atoms with Crippen molar-refractivity contribution in [3.8, 4) is 0 Å². The number of nitrogens with zero attached hydrogens (tertiary/aromatic N) is 1. The van der Waals surface area contributed by atoms with Crippen LogP contribution in [0.5, 0.6) is 0 Å². The minimum Gasteiger partial charge on any atom is -0.306 e. The molecule has 2 rings (SSSR count). The van der Waals surface area contributed by atoms with Crippen LogP contribution in [-0.2, 0) is 14.8 Å². The van der Waals surface area contributed by atoms with E-state index in [1.165, 1.54) is 4.31 Å². The molecule has 0 saturated carbocycles. The lowest BCUT2D eigenvalue weighted by Gasteiger charge is -2.21. The van der Waals surface area contributed by atoms with Gasteiger partial charge in [-0.25, -0.2) is 17.5 Å². The highest BCUT2D eigenvalue weighted by molar-refractivity contribution is 8.16. The number of anilines is 1. The third-order valence-corrected chi connectivity index (χ3v) is 8.68. The number of carbonyl (C=O) groups excluding carboxylic acids is 2. The van der Waals surface area contributed by atoms with Crippen LogP contribution in [0.1, 0.15) is 20.8 Å². The minimum atomic E-state index is -3.83. The molecule has 7 nitrogen and oxygen atoms in total. The zero-order valence-electron chi connectivity index (χ0n) is 14.9. The van der Waals surface area contributed by atoms with Crippen LogP contribution in [0.25, 0.3) is 0 Å². The average molecular weight is 452 g/mol. The largest absolute Gasteiger partial charge is 0.323 e. The van der Waals surface area contributed by atoms with Crippen molar-refractivity contribution in [3.05, 3.63) is 38.8 Å². The molecule has 27 heavy (non-hydrogen) atoms. The van der Waals surface area contributed by atoms with Crippen molar-refractivity contribution in [2.45, 2.75) is 25.4 Å². The summed E-state index contributed by atoms with van der Waals surface area (Å²) < 4.78 is 25.2. The summed E-state index contributed by atoms with van der Waals surface area (Å²) in [5.74, 6) is -0.656. The minimum absolute atomic E-state index is 0.0450. The van der Waals surface area contributed by atoms with Gasteiger partial charge in [-0.1, -0.05) is 54.9 Å². The number of Topliss-reactive ketones (excluding diaryl/α,β-unsaturated/α-hetero) is 1. The van der Waals surface area contributed by atoms with Crippen molar-refractivity contribution in [2.24, 2.45) is 0 Å². The highest BCUT2D eigenvalue weighted by Gasteiger charge is 2.44. The van der Waals surface area contributed by atoms with E-state index >= 15 is 0 Å². The van der Waals surface area contributed by atoms with Gasteiger partial charge in [0.2, 0.25) is 15.8 Å². The number of urea groups is 1. The SMILES string of the molecule is CCN(CC)S(=O)(=O)C1SC(C)=C(NC(=O)Nc2cccc(Cl)c2Cl)C1=O. The van der Waals surface area contributed by atoms with E-state index in [1.807, 2.05) is 0 Å². The summed E-state index contributed by atoms with van der Waals surface area (Å²) in [6.07, 6.45) is 0. The van der Waals surface area contributed by atoms with Gasteiger partial charge in [-0.3, -0.25) is 4.79 Å². The monoisotopic (exact) mass is 451 g/mol. The summed E-state index contributed by atoms with van der Waals surface area (Å²) in [5, 5.41) is 5.35. The van der Waals surface area contributed by atoms with E-state index < -0.39 is 26.4 Å². The molecule has 0 aromatic heterocycles. The van der Waals surface area contributed by atoms with Crippen LogP contribution in [0.4, 0.5) is 10.5 Å². The van der Waals surface area contributed by atoms with Crippen LogP contribution in [0.15, 0.2) is 28.8 Å². The van der Waals surface area contributed by atoms with Crippen LogP contribution in [0.2, 0.25) is 10.0 Å². The molecule has 0 radical (unpaired) electrons. The topological polar surface area (TPSA) is 95.6 Å². The molecule has 0 saturated heterocycles. The van der Waals surface area contributed by atoms with Gasteiger partial charge in [0, 0.05) is 18.0 Å². The first-order chi connectivity index (χ1) is 12.6. The summed E-state index contributed by atoms with van der Waals surface area (Å²) in [6.45, 7) is 5.51. The number of carbonyl (C=O) groups is 2. The maximum absolute atomic E-state index is 12.7. The summed E-state index contributed by atoms with van der Waals surface area (Å²) in [7, 11) is -3.83. The van der Waals surface area contributed by atoms with Crippen molar-refractivity contribution in [3.63, 3.8) is 0 Å². The zero-order chi connectivity index (χ0) is 20.4. The maximum atomic E-state index is 12.7. The second-order valence-electron chi connectivity index (χ2n) is 5.55. The number of amides is 2. The molecular weight excluding hydrogens is 433 g/mol. The summed E-state index contributed by atoms with van der Waals surface area (Å²) in [6, 6.07) is 4.01. The normalized spacial score (nSPS) is 17.6. The Bertz CT molecular complexity index is 899. The van der Waals surface area contributed by atoms with E-state index in [0.29, 0.717) is 4.91 Å². The Kier molecular flexibility index (Phi) is 7.20. The van der Waals surface area contributed by atoms with Gasteiger partial charge >= 0.3 is 6.03 Å². The molecule has 148 valence electrons. The first-order valence-corrected chi connectivity index (χ1v) is 11.2. The molecule has 11 heteroatoms. The molecule has 1 heterocycles. The maximum Gasteiger partial charge on any atom is 0.323 e. The van der Waals surface area contributed by atoms with E-state index in [9.17, 15) is 18.0 Å².